The Bertz CT molecular complexity index is 690. The van der Waals surface area contributed by atoms with Gasteiger partial charge in [-0.1, -0.05) is 29.3 Å². The van der Waals surface area contributed by atoms with E-state index in [9.17, 15) is 4.79 Å². The molecule has 0 aliphatic heterocycles. The first kappa shape index (κ1) is 18.6. The van der Waals surface area contributed by atoms with Gasteiger partial charge in [0.25, 0.3) is 0 Å². The summed E-state index contributed by atoms with van der Waals surface area (Å²) in [5, 5.41) is 7.14. The molecule has 0 aromatic heterocycles. The molecule has 0 aliphatic rings. The largest absolute Gasteiger partial charge is 0.494 e. The molecule has 2 N–H and O–H groups in total. The van der Waals surface area contributed by atoms with Crippen molar-refractivity contribution in [1.29, 1.82) is 0 Å². The molecule has 1 amide bonds. The van der Waals surface area contributed by atoms with Crippen molar-refractivity contribution in [3.8, 4) is 5.75 Å². The van der Waals surface area contributed by atoms with Gasteiger partial charge in [0.1, 0.15) is 5.75 Å². The predicted octanol–water partition coefficient (Wildman–Crippen LogP) is 4.68. The number of benzene rings is 2. The summed E-state index contributed by atoms with van der Waals surface area (Å²) in [4.78, 5) is 12.0. The van der Waals surface area contributed by atoms with E-state index < -0.39 is 0 Å². The van der Waals surface area contributed by atoms with Crippen molar-refractivity contribution >= 4 is 34.8 Å². The summed E-state index contributed by atoms with van der Waals surface area (Å²) >= 11 is 12.1. The highest BCUT2D eigenvalue weighted by Gasteiger charge is 2.11. The molecular weight excluding hydrogens is 347 g/mol. The van der Waals surface area contributed by atoms with Crippen molar-refractivity contribution in [2.24, 2.45) is 0 Å². The average Bonchev–Trinajstić information content (AvgIpc) is 2.55. The van der Waals surface area contributed by atoms with Gasteiger partial charge in [0.15, 0.2) is 0 Å². The van der Waals surface area contributed by atoms with Crippen molar-refractivity contribution in [3.05, 3.63) is 58.1 Å². The van der Waals surface area contributed by atoms with Crippen LogP contribution in [0.4, 0.5) is 5.69 Å². The first-order valence-electron chi connectivity index (χ1n) is 7.70. The lowest BCUT2D eigenvalue weighted by molar-refractivity contribution is -0.115. The Labute approximate surface area is 152 Å². The molecule has 0 saturated heterocycles. The van der Waals surface area contributed by atoms with E-state index in [2.05, 4.69) is 10.6 Å². The van der Waals surface area contributed by atoms with Gasteiger partial charge >= 0.3 is 0 Å². The zero-order chi connectivity index (χ0) is 17.5. The van der Waals surface area contributed by atoms with E-state index in [0.29, 0.717) is 16.7 Å². The smallest absolute Gasteiger partial charge is 0.238 e. The van der Waals surface area contributed by atoms with Crippen molar-refractivity contribution in [2.75, 3.05) is 18.5 Å². The van der Waals surface area contributed by atoms with Crippen molar-refractivity contribution in [3.63, 3.8) is 0 Å². The van der Waals surface area contributed by atoms with Crippen LogP contribution in [0, 0.1) is 0 Å². The molecule has 2 rings (SSSR count). The van der Waals surface area contributed by atoms with Crippen LogP contribution >= 0.6 is 23.2 Å². The molecule has 6 heteroatoms. The van der Waals surface area contributed by atoms with Gasteiger partial charge in [-0.2, -0.15) is 0 Å². The summed E-state index contributed by atoms with van der Waals surface area (Å²) in [5.74, 6) is 0.649. The van der Waals surface area contributed by atoms with Gasteiger partial charge in [-0.3, -0.25) is 4.79 Å². The SMILES string of the molecule is CCOc1ccc(NC(=O)CN[C@@H](C)c2ccc(Cl)cc2Cl)cc1. The molecule has 2 aromatic carbocycles. The molecule has 4 nitrogen and oxygen atoms in total. The van der Waals surface area contributed by atoms with Crippen LogP contribution in [-0.4, -0.2) is 19.1 Å². The van der Waals surface area contributed by atoms with Crippen LogP contribution in [0.1, 0.15) is 25.5 Å². The van der Waals surface area contributed by atoms with E-state index in [1.807, 2.05) is 44.2 Å². The minimum atomic E-state index is -0.129. The monoisotopic (exact) mass is 366 g/mol. The van der Waals surface area contributed by atoms with Gasteiger partial charge in [-0.15, -0.1) is 0 Å². The van der Waals surface area contributed by atoms with Gasteiger partial charge in [0.2, 0.25) is 5.91 Å². The first-order chi connectivity index (χ1) is 11.5. The molecule has 0 saturated carbocycles. The lowest BCUT2D eigenvalue weighted by Gasteiger charge is -2.16. The quantitative estimate of drug-likeness (QED) is 0.747. The normalized spacial score (nSPS) is 11.8. The second kappa shape index (κ2) is 8.92. The van der Waals surface area contributed by atoms with Crippen LogP contribution in [0.15, 0.2) is 42.5 Å². The maximum atomic E-state index is 12.0. The maximum absolute atomic E-state index is 12.0. The van der Waals surface area contributed by atoms with Crippen LogP contribution < -0.4 is 15.4 Å². The fraction of sp³-hybridized carbons (Fsp3) is 0.278. The number of rotatable bonds is 7. The third-order valence-corrected chi connectivity index (χ3v) is 4.01. The fourth-order valence-corrected chi connectivity index (χ4v) is 2.79. The van der Waals surface area contributed by atoms with Crippen LogP contribution in [0.25, 0.3) is 0 Å². The minimum absolute atomic E-state index is 0.0687. The van der Waals surface area contributed by atoms with Gasteiger partial charge < -0.3 is 15.4 Å². The molecule has 24 heavy (non-hydrogen) atoms. The lowest BCUT2D eigenvalue weighted by Crippen LogP contribution is -2.30. The Morgan fingerprint density at radius 3 is 2.50 bits per heavy atom. The summed E-state index contributed by atoms with van der Waals surface area (Å²) in [6.45, 7) is 4.66. The Hall–Kier alpha value is -1.75. The highest BCUT2D eigenvalue weighted by Crippen LogP contribution is 2.26. The number of hydrogen-bond acceptors (Lipinski definition) is 3. The molecule has 0 heterocycles. The van der Waals surface area contributed by atoms with Gasteiger partial charge in [-0.05, 0) is 55.8 Å². The molecule has 128 valence electrons. The summed E-state index contributed by atoms with van der Waals surface area (Å²) in [6, 6.07) is 12.5. The van der Waals surface area contributed by atoms with Crippen molar-refractivity contribution < 1.29 is 9.53 Å². The summed E-state index contributed by atoms with van der Waals surface area (Å²) in [7, 11) is 0. The summed E-state index contributed by atoms with van der Waals surface area (Å²) < 4.78 is 5.37. The average molecular weight is 367 g/mol. The van der Waals surface area contributed by atoms with E-state index in [-0.39, 0.29) is 18.5 Å². The summed E-state index contributed by atoms with van der Waals surface area (Å²) in [5.41, 5.74) is 1.62. The molecule has 0 unspecified atom stereocenters. The van der Waals surface area contributed by atoms with Crippen LogP contribution in [-0.2, 0) is 4.79 Å². The third kappa shape index (κ3) is 5.41. The fourth-order valence-electron chi connectivity index (χ4n) is 2.21. The second-order valence-electron chi connectivity index (χ2n) is 5.27. The zero-order valence-corrected chi connectivity index (χ0v) is 15.1. The third-order valence-electron chi connectivity index (χ3n) is 3.45. The number of halogens is 2. The number of carbonyl (C=O) groups excluding carboxylic acids is 1. The van der Waals surface area contributed by atoms with Crippen LogP contribution in [0.2, 0.25) is 10.0 Å². The number of amides is 1. The number of nitrogens with one attached hydrogen (secondary N) is 2. The number of carbonyl (C=O) groups is 1. The molecular formula is C18H20Cl2N2O2. The first-order valence-corrected chi connectivity index (χ1v) is 8.46. The summed E-state index contributed by atoms with van der Waals surface area (Å²) in [6.07, 6.45) is 0. The van der Waals surface area contributed by atoms with Gasteiger partial charge in [0, 0.05) is 21.8 Å². The highest BCUT2D eigenvalue weighted by atomic mass is 35.5. The molecule has 0 spiro atoms. The molecule has 0 radical (unpaired) electrons. The highest BCUT2D eigenvalue weighted by molar-refractivity contribution is 6.35. The molecule has 0 aliphatic carbocycles. The van der Waals surface area contributed by atoms with Crippen LogP contribution in [0.3, 0.4) is 0 Å². The van der Waals surface area contributed by atoms with Crippen LogP contribution in [0.5, 0.6) is 5.75 Å². The molecule has 2 aromatic rings. The Balaban J connectivity index is 1.86. The van der Waals surface area contributed by atoms with Gasteiger partial charge in [0.05, 0.1) is 13.2 Å². The topological polar surface area (TPSA) is 50.4 Å². The molecule has 0 fully saturated rings. The van der Waals surface area contributed by atoms with E-state index in [4.69, 9.17) is 27.9 Å². The standard InChI is InChI=1S/C18H20Cl2N2O2/c1-3-24-15-7-5-14(6-8-15)22-18(23)11-21-12(2)16-9-4-13(19)10-17(16)20/h4-10,12,21H,3,11H2,1-2H3,(H,22,23)/t12-/m0/s1. The predicted molar refractivity (Wildman–Crippen MR) is 99.1 cm³/mol. The number of anilines is 1. The minimum Gasteiger partial charge on any atom is -0.494 e. The Kier molecular flexibility index (Phi) is 6.91. The maximum Gasteiger partial charge on any atom is 0.238 e. The Morgan fingerprint density at radius 1 is 1.17 bits per heavy atom. The Morgan fingerprint density at radius 2 is 1.88 bits per heavy atom. The molecule has 1 atom stereocenters. The second-order valence-corrected chi connectivity index (χ2v) is 6.12. The van der Waals surface area contributed by atoms with E-state index in [1.54, 1.807) is 12.1 Å². The van der Waals surface area contributed by atoms with Crippen molar-refractivity contribution in [2.45, 2.75) is 19.9 Å². The van der Waals surface area contributed by atoms with E-state index >= 15 is 0 Å². The number of ether oxygens (including phenoxy) is 1. The zero-order valence-electron chi connectivity index (χ0n) is 13.6. The van der Waals surface area contributed by atoms with Crippen molar-refractivity contribution in [1.82, 2.24) is 5.32 Å². The molecule has 0 bridgehead atoms. The van der Waals surface area contributed by atoms with E-state index in [0.717, 1.165) is 17.0 Å². The lowest BCUT2D eigenvalue weighted by atomic mass is 10.1. The number of hydrogen-bond donors (Lipinski definition) is 2. The van der Waals surface area contributed by atoms with Gasteiger partial charge in [-0.25, -0.2) is 0 Å². The van der Waals surface area contributed by atoms with E-state index in [1.165, 1.54) is 0 Å².